The molecule has 6 heteroatoms. The van der Waals surface area contributed by atoms with Crippen LogP contribution in [0.3, 0.4) is 0 Å². The molecule has 0 aromatic heterocycles. The van der Waals surface area contributed by atoms with Gasteiger partial charge >= 0.3 is 0 Å². The van der Waals surface area contributed by atoms with Gasteiger partial charge in [-0.2, -0.15) is 0 Å². The number of benzene rings is 2. The quantitative estimate of drug-likeness (QED) is 0.798. The molecule has 0 aliphatic carbocycles. The number of halogens is 1. The molecule has 1 N–H and O–H groups in total. The Morgan fingerprint density at radius 1 is 1.00 bits per heavy atom. The molecule has 2 aromatic rings. The Balaban J connectivity index is 1.38. The number of carbonyl (C=O) groups excluding carboxylic acids is 2. The van der Waals surface area contributed by atoms with E-state index in [0.29, 0.717) is 25.9 Å². The second-order valence-electron chi connectivity index (χ2n) is 8.15. The molecule has 0 saturated carbocycles. The fourth-order valence-electron chi connectivity index (χ4n) is 4.37. The van der Waals surface area contributed by atoms with Crippen molar-refractivity contribution >= 4 is 11.8 Å². The highest BCUT2D eigenvalue weighted by Crippen LogP contribution is 2.25. The van der Waals surface area contributed by atoms with E-state index in [-0.39, 0.29) is 30.2 Å². The predicted molar refractivity (Wildman–Crippen MR) is 113 cm³/mol. The van der Waals surface area contributed by atoms with Gasteiger partial charge < -0.3 is 10.2 Å². The Labute approximate surface area is 176 Å². The maximum absolute atomic E-state index is 13.2. The van der Waals surface area contributed by atoms with E-state index in [1.807, 2.05) is 21.9 Å². The second-order valence-corrected chi connectivity index (χ2v) is 8.15. The summed E-state index contributed by atoms with van der Waals surface area (Å²) in [6, 6.07) is 14.2. The smallest absolute Gasteiger partial charge is 0.240 e. The lowest BCUT2D eigenvalue weighted by Gasteiger charge is -2.37. The van der Waals surface area contributed by atoms with Crippen LogP contribution >= 0.6 is 0 Å². The Morgan fingerprint density at radius 2 is 1.70 bits per heavy atom. The molecule has 2 heterocycles. The number of carbonyl (C=O) groups is 2. The Bertz CT molecular complexity index is 894. The molecule has 1 atom stereocenters. The van der Waals surface area contributed by atoms with Gasteiger partial charge in [-0.05, 0) is 54.5 Å². The lowest BCUT2D eigenvalue weighted by molar-refractivity contribution is -0.137. The van der Waals surface area contributed by atoms with Crippen molar-refractivity contribution in [3.05, 3.63) is 71.0 Å². The van der Waals surface area contributed by atoms with E-state index >= 15 is 0 Å². The van der Waals surface area contributed by atoms with E-state index in [0.717, 1.165) is 31.5 Å². The molecule has 2 aromatic carbocycles. The van der Waals surface area contributed by atoms with Gasteiger partial charge in [-0.3, -0.25) is 14.5 Å². The summed E-state index contributed by atoms with van der Waals surface area (Å²) in [7, 11) is 0. The molecule has 30 heavy (non-hydrogen) atoms. The van der Waals surface area contributed by atoms with Crippen molar-refractivity contribution in [1.82, 2.24) is 15.1 Å². The van der Waals surface area contributed by atoms with Crippen LogP contribution in [0.25, 0.3) is 0 Å². The van der Waals surface area contributed by atoms with Crippen LogP contribution in [0.1, 0.15) is 29.5 Å². The number of rotatable bonds is 6. The fourth-order valence-corrected chi connectivity index (χ4v) is 4.37. The highest BCUT2D eigenvalue weighted by Gasteiger charge is 2.35. The Hall–Kier alpha value is -2.73. The third-order valence-electron chi connectivity index (χ3n) is 6.04. The Kier molecular flexibility index (Phi) is 6.43. The van der Waals surface area contributed by atoms with E-state index in [4.69, 9.17) is 0 Å². The number of hydrogen-bond donors (Lipinski definition) is 1. The van der Waals surface area contributed by atoms with Crippen LogP contribution in [0.2, 0.25) is 0 Å². The van der Waals surface area contributed by atoms with Gasteiger partial charge in [0.2, 0.25) is 11.8 Å². The monoisotopic (exact) mass is 409 g/mol. The molecular weight excluding hydrogens is 381 g/mol. The van der Waals surface area contributed by atoms with Crippen LogP contribution in [-0.4, -0.2) is 53.8 Å². The minimum Gasteiger partial charge on any atom is -0.355 e. The fraction of sp³-hybridized carbons (Fsp3) is 0.417. The van der Waals surface area contributed by atoms with Gasteiger partial charge in [0.1, 0.15) is 5.82 Å². The molecule has 5 nitrogen and oxygen atoms in total. The minimum atomic E-state index is -0.291. The van der Waals surface area contributed by atoms with Gasteiger partial charge in [0, 0.05) is 26.2 Å². The molecule has 1 unspecified atom stereocenters. The average molecular weight is 410 g/mol. The summed E-state index contributed by atoms with van der Waals surface area (Å²) >= 11 is 0. The first-order chi connectivity index (χ1) is 14.6. The zero-order valence-corrected chi connectivity index (χ0v) is 17.1. The van der Waals surface area contributed by atoms with Crippen molar-refractivity contribution in [3.63, 3.8) is 0 Å². The molecule has 0 spiro atoms. The molecule has 158 valence electrons. The second kappa shape index (κ2) is 9.39. The first-order valence-electron chi connectivity index (χ1n) is 10.7. The molecule has 0 radical (unpaired) electrons. The average Bonchev–Trinajstić information content (AvgIpc) is 3.29. The zero-order chi connectivity index (χ0) is 20.9. The number of amides is 2. The van der Waals surface area contributed by atoms with Crippen LogP contribution in [0, 0.1) is 5.82 Å². The summed E-state index contributed by atoms with van der Waals surface area (Å²) in [5, 5.41) is 2.95. The van der Waals surface area contributed by atoms with Crippen molar-refractivity contribution in [1.29, 1.82) is 0 Å². The van der Waals surface area contributed by atoms with Crippen molar-refractivity contribution in [2.24, 2.45) is 0 Å². The first-order valence-corrected chi connectivity index (χ1v) is 10.7. The third kappa shape index (κ3) is 4.87. The summed E-state index contributed by atoms with van der Waals surface area (Å²) in [6.07, 6.45) is 3.40. The molecule has 2 aliphatic heterocycles. The summed E-state index contributed by atoms with van der Waals surface area (Å²) in [6.45, 7) is 2.91. The highest BCUT2D eigenvalue weighted by atomic mass is 19.1. The van der Waals surface area contributed by atoms with Gasteiger partial charge in [0.25, 0.3) is 0 Å². The Morgan fingerprint density at radius 3 is 2.43 bits per heavy atom. The standard InChI is InChI=1S/C24H28FN3O2/c25-21-9-7-18(8-10-21)11-12-26-23(29)17-28-16-20-6-2-1-5-19(20)15-22(28)24(30)27-13-3-4-14-27/h1-2,5-10,22H,3-4,11-17H2,(H,26,29). The van der Waals surface area contributed by atoms with Crippen molar-refractivity contribution in [2.45, 2.75) is 38.3 Å². The lowest BCUT2D eigenvalue weighted by atomic mass is 9.93. The maximum atomic E-state index is 13.2. The third-order valence-corrected chi connectivity index (χ3v) is 6.04. The molecular formula is C24H28FN3O2. The van der Waals surface area contributed by atoms with E-state index in [1.54, 1.807) is 12.1 Å². The topological polar surface area (TPSA) is 52.7 Å². The summed E-state index contributed by atoms with van der Waals surface area (Å²) in [5.41, 5.74) is 3.36. The van der Waals surface area contributed by atoms with E-state index in [1.165, 1.54) is 23.3 Å². The highest BCUT2D eigenvalue weighted by molar-refractivity contribution is 5.84. The lowest BCUT2D eigenvalue weighted by Crippen LogP contribution is -2.53. The van der Waals surface area contributed by atoms with Crippen LogP contribution in [-0.2, 0) is 29.0 Å². The molecule has 0 bridgehead atoms. The van der Waals surface area contributed by atoms with Gasteiger partial charge in [0.05, 0.1) is 12.6 Å². The van der Waals surface area contributed by atoms with Crippen LogP contribution in [0.4, 0.5) is 4.39 Å². The number of fused-ring (bicyclic) bond motifs is 1. The molecule has 1 fully saturated rings. The maximum Gasteiger partial charge on any atom is 0.240 e. The summed E-state index contributed by atoms with van der Waals surface area (Å²) in [4.78, 5) is 29.7. The molecule has 2 aliphatic rings. The van der Waals surface area contributed by atoms with Crippen molar-refractivity contribution < 1.29 is 14.0 Å². The molecule has 2 amide bonds. The number of likely N-dealkylation sites (tertiary alicyclic amines) is 1. The number of hydrogen-bond acceptors (Lipinski definition) is 3. The van der Waals surface area contributed by atoms with Crippen LogP contribution < -0.4 is 5.32 Å². The van der Waals surface area contributed by atoms with Crippen molar-refractivity contribution in [3.8, 4) is 0 Å². The first kappa shape index (κ1) is 20.5. The van der Waals surface area contributed by atoms with Crippen molar-refractivity contribution in [2.75, 3.05) is 26.2 Å². The van der Waals surface area contributed by atoms with Gasteiger partial charge in [-0.15, -0.1) is 0 Å². The van der Waals surface area contributed by atoms with Gasteiger partial charge in [0.15, 0.2) is 0 Å². The largest absolute Gasteiger partial charge is 0.355 e. The molecule has 4 rings (SSSR count). The molecule has 1 saturated heterocycles. The van der Waals surface area contributed by atoms with E-state index < -0.39 is 0 Å². The van der Waals surface area contributed by atoms with Crippen LogP contribution in [0.15, 0.2) is 48.5 Å². The van der Waals surface area contributed by atoms with Crippen LogP contribution in [0.5, 0.6) is 0 Å². The van der Waals surface area contributed by atoms with Gasteiger partial charge in [-0.25, -0.2) is 4.39 Å². The normalized spacial score (nSPS) is 18.8. The zero-order valence-electron chi connectivity index (χ0n) is 17.1. The SMILES string of the molecule is O=C(CN1Cc2ccccc2CC1C(=O)N1CCCC1)NCCc1ccc(F)cc1. The summed E-state index contributed by atoms with van der Waals surface area (Å²) < 4.78 is 13.0. The minimum absolute atomic E-state index is 0.0873. The van der Waals surface area contributed by atoms with E-state index in [2.05, 4.69) is 17.4 Å². The van der Waals surface area contributed by atoms with Gasteiger partial charge in [-0.1, -0.05) is 36.4 Å². The number of nitrogens with zero attached hydrogens (tertiary/aromatic N) is 2. The predicted octanol–water partition coefficient (Wildman–Crippen LogP) is 2.53. The van der Waals surface area contributed by atoms with E-state index in [9.17, 15) is 14.0 Å². The number of nitrogens with one attached hydrogen (secondary N) is 1. The summed E-state index contributed by atoms with van der Waals surface area (Å²) in [5.74, 6) is -0.210.